The molecule has 1 fully saturated rings. The predicted octanol–water partition coefficient (Wildman–Crippen LogP) is 1.12. The highest BCUT2D eigenvalue weighted by atomic mass is 16.4. The summed E-state index contributed by atoms with van der Waals surface area (Å²) in [4.78, 5) is 32.8. The van der Waals surface area contributed by atoms with Gasteiger partial charge in [-0.1, -0.05) is 0 Å². The van der Waals surface area contributed by atoms with Crippen LogP contribution in [0.15, 0.2) is 11.3 Å². The van der Waals surface area contributed by atoms with E-state index in [0.29, 0.717) is 12.8 Å². The Morgan fingerprint density at radius 2 is 1.88 bits per heavy atom. The molecule has 1 rings (SSSR count). The fourth-order valence-corrected chi connectivity index (χ4v) is 1.96. The Kier molecular flexibility index (Phi) is 4.25. The smallest absolute Gasteiger partial charge is 0.371 e. The van der Waals surface area contributed by atoms with Crippen LogP contribution in [0.2, 0.25) is 0 Å². The SMILES string of the molecule is O=C(O)CCC1CCC/C(=C(/O)C(=O)O)C1=O. The highest BCUT2D eigenvalue weighted by molar-refractivity contribution is 6.03. The van der Waals surface area contributed by atoms with Gasteiger partial charge in [0.25, 0.3) is 0 Å². The van der Waals surface area contributed by atoms with Crippen LogP contribution in [0.5, 0.6) is 0 Å². The van der Waals surface area contributed by atoms with Gasteiger partial charge in [0.05, 0.1) is 0 Å². The number of hydrogen-bond donors (Lipinski definition) is 3. The van der Waals surface area contributed by atoms with Gasteiger partial charge < -0.3 is 15.3 Å². The number of carboxylic acid groups (broad SMARTS) is 2. The zero-order chi connectivity index (χ0) is 13.0. The van der Waals surface area contributed by atoms with E-state index < -0.39 is 29.4 Å². The first-order valence-electron chi connectivity index (χ1n) is 5.35. The molecule has 0 aliphatic heterocycles. The van der Waals surface area contributed by atoms with Crippen molar-refractivity contribution in [3.05, 3.63) is 11.3 Å². The van der Waals surface area contributed by atoms with E-state index in [9.17, 15) is 19.5 Å². The Balaban J connectivity index is 2.79. The first kappa shape index (κ1) is 13.2. The number of carbonyl (C=O) groups excluding carboxylic acids is 1. The lowest BCUT2D eigenvalue weighted by atomic mass is 9.81. The summed E-state index contributed by atoms with van der Waals surface area (Å²) in [6, 6.07) is 0. The van der Waals surface area contributed by atoms with E-state index in [-0.39, 0.29) is 24.8 Å². The lowest BCUT2D eigenvalue weighted by molar-refractivity contribution is -0.138. The fourth-order valence-electron chi connectivity index (χ4n) is 1.96. The third kappa shape index (κ3) is 3.30. The largest absolute Gasteiger partial charge is 0.502 e. The molecule has 1 saturated carbocycles. The molecule has 0 radical (unpaired) electrons. The average molecular weight is 242 g/mol. The lowest BCUT2D eigenvalue weighted by Crippen LogP contribution is -2.25. The summed E-state index contributed by atoms with van der Waals surface area (Å²) in [7, 11) is 0. The molecule has 6 heteroatoms. The van der Waals surface area contributed by atoms with Gasteiger partial charge in [0.2, 0.25) is 5.76 Å². The van der Waals surface area contributed by atoms with Crippen LogP contribution in [0, 0.1) is 5.92 Å². The summed E-state index contributed by atoms with van der Waals surface area (Å²) >= 11 is 0. The van der Waals surface area contributed by atoms with E-state index >= 15 is 0 Å². The van der Waals surface area contributed by atoms with Gasteiger partial charge in [0.15, 0.2) is 5.78 Å². The maximum atomic E-state index is 11.8. The van der Waals surface area contributed by atoms with Crippen LogP contribution in [0.25, 0.3) is 0 Å². The molecule has 0 saturated heterocycles. The Bertz CT molecular complexity index is 381. The number of hydrogen-bond acceptors (Lipinski definition) is 4. The van der Waals surface area contributed by atoms with Crippen LogP contribution in [0.3, 0.4) is 0 Å². The summed E-state index contributed by atoms with van der Waals surface area (Å²) in [5.41, 5.74) is -0.0841. The number of Topliss-reactive ketones (excluding diaryl/α,β-unsaturated/α-hetero) is 1. The van der Waals surface area contributed by atoms with Crippen molar-refractivity contribution in [1.82, 2.24) is 0 Å². The Labute approximate surface area is 97.6 Å². The molecule has 0 amide bonds. The summed E-state index contributed by atoms with van der Waals surface area (Å²) in [5, 5.41) is 26.4. The minimum absolute atomic E-state index is 0.0841. The van der Waals surface area contributed by atoms with Crippen molar-refractivity contribution in [2.45, 2.75) is 32.1 Å². The predicted molar refractivity (Wildman–Crippen MR) is 56.5 cm³/mol. The highest BCUT2D eigenvalue weighted by Gasteiger charge is 2.30. The fraction of sp³-hybridized carbons (Fsp3) is 0.545. The van der Waals surface area contributed by atoms with E-state index in [1.165, 1.54) is 0 Å². The molecular formula is C11H14O6. The second-order valence-corrected chi connectivity index (χ2v) is 4.02. The first-order valence-corrected chi connectivity index (χ1v) is 5.35. The van der Waals surface area contributed by atoms with E-state index in [1.807, 2.05) is 0 Å². The molecule has 6 nitrogen and oxygen atoms in total. The highest BCUT2D eigenvalue weighted by Crippen LogP contribution is 2.29. The van der Waals surface area contributed by atoms with Crippen molar-refractivity contribution in [2.24, 2.45) is 5.92 Å². The number of rotatable bonds is 4. The van der Waals surface area contributed by atoms with Gasteiger partial charge >= 0.3 is 11.9 Å². The number of aliphatic hydroxyl groups excluding tert-OH is 1. The summed E-state index contributed by atoms with van der Waals surface area (Å²) in [6.45, 7) is 0. The molecule has 0 bridgehead atoms. The van der Waals surface area contributed by atoms with Crippen molar-refractivity contribution in [1.29, 1.82) is 0 Å². The van der Waals surface area contributed by atoms with Crippen LogP contribution in [0.1, 0.15) is 32.1 Å². The number of allylic oxidation sites excluding steroid dienone is 1. The first-order chi connectivity index (χ1) is 7.93. The molecule has 0 spiro atoms. The van der Waals surface area contributed by atoms with Crippen LogP contribution in [-0.2, 0) is 14.4 Å². The minimum atomic E-state index is -1.52. The topological polar surface area (TPSA) is 112 Å². The van der Waals surface area contributed by atoms with E-state index in [1.54, 1.807) is 0 Å². The standard InChI is InChI=1S/C11H14O6/c12-8(13)5-4-6-2-1-3-7(9(6)14)10(15)11(16)17/h6,15H,1-5H2,(H,12,13)(H,16,17)/b10-7-. The quantitative estimate of drug-likeness (QED) is 0.503. The molecule has 3 N–H and O–H groups in total. The molecule has 0 heterocycles. The van der Waals surface area contributed by atoms with Crippen molar-refractivity contribution < 1.29 is 29.7 Å². The van der Waals surface area contributed by atoms with Gasteiger partial charge in [0, 0.05) is 17.9 Å². The van der Waals surface area contributed by atoms with Gasteiger partial charge in [-0.15, -0.1) is 0 Å². The zero-order valence-electron chi connectivity index (χ0n) is 9.18. The van der Waals surface area contributed by atoms with Crippen LogP contribution >= 0.6 is 0 Å². The molecule has 0 aromatic heterocycles. The summed E-state index contributed by atoms with van der Waals surface area (Å²) < 4.78 is 0. The number of aliphatic carboxylic acids is 2. The molecular weight excluding hydrogens is 228 g/mol. The van der Waals surface area contributed by atoms with Gasteiger partial charge in [-0.05, 0) is 25.7 Å². The Hall–Kier alpha value is -1.85. The molecule has 0 aromatic carbocycles. The molecule has 17 heavy (non-hydrogen) atoms. The van der Waals surface area contributed by atoms with Crippen molar-refractivity contribution in [3.63, 3.8) is 0 Å². The summed E-state index contributed by atoms with van der Waals surface area (Å²) in [6.07, 6.45) is 1.42. The normalized spacial score (nSPS) is 23.3. The van der Waals surface area contributed by atoms with Crippen molar-refractivity contribution in [3.8, 4) is 0 Å². The molecule has 1 atom stereocenters. The van der Waals surface area contributed by atoms with Crippen LogP contribution in [-0.4, -0.2) is 33.0 Å². The molecule has 1 aliphatic rings. The van der Waals surface area contributed by atoms with Crippen molar-refractivity contribution in [2.75, 3.05) is 0 Å². The van der Waals surface area contributed by atoms with Gasteiger partial charge in [-0.3, -0.25) is 9.59 Å². The average Bonchev–Trinajstić information content (AvgIpc) is 2.26. The lowest BCUT2D eigenvalue weighted by Gasteiger charge is -2.22. The van der Waals surface area contributed by atoms with E-state index in [2.05, 4.69) is 0 Å². The monoisotopic (exact) mass is 242 g/mol. The van der Waals surface area contributed by atoms with Gasteiger partial charge in [0.1, 0.15) is 0 Å². The Morgan fingerprint density at radius 1 is 1.24 bits per heavy atom. The minimum Gasteiger partial charge on any atom is -0.502 e. The third-order valence-corrected chi connectivity index (χ3v) is 2.84. The number of carbonyl (C=O) groups is 3. The summed E-state index contributed by atoms with van der Waals surface area (Å²) in [5.74, 6) is -4.34. The van der Waals surface area contributed by atoms with Crippen LogP contribution in [0.4, 0.5) is 0 Å². The molecule has 1 unspecified atom stereocenters. The third-order valence-electron chi connectivity index (χ3n) is 2.84. The molecule has 0 aromatic rings. The van der Waals surface area contributed by atoms with E-state index in [4.69, 9.17) is 10.2 Å². The number of carboxylic acids is 2. The maximum Gasteiger partial charge on any atom is 0.371 e. The van der Waals surface area contributed by atoms with Gasteiger partial charge in [-0.25, -0.2) is 4.79 Å². The molecule has 94 valence electrons. The zero-order valence-corrected chi connectivity index (χ0v) is 9.18. The van der Waals surface area contributed by atoms with Gasteiger partial charge in [-0.2, -0.15) is 0 Å². The van der Waals surface area contributed by atoms with Crippen LogP contribution < -0.4 is 0 Å². The Morgan fingerprint density at radius 3 is 2.41 bits per heavy atom. The molecule has 1 aliphatic carbocycles. The van der Waals surface area contributed by atoms with Crippen molar-refractivity contribution >= 4 is 17.7 Å². The number of ketones is 1. The van der Waals surface area contributed by atoms with E-state index in [0.717, 1.165) is 0 Å². The number of aliphatic hydroxyl groups is 1. The maximum absolute atomic E-state index is 11.8. The second kappa shape index (κ2) is 5.47. The second-order valence-electron chi connectivity index (χ2n) is 4.02.